The molecule has 0 aliphatic carbocycles. The molecule has 0 atom stereocenters. The van der Waals surface area contributed by atoms with Crippen LogP contribution in [0.15, 0.2) is 97.1 Å². The summed E-state index contributed by atoms with van der Waals surface area (Å²) in [6.45, 7) is 3.40. The Morgan fingerprint density at radius 3 is 0.514 bits per heavy atom. The van der Waals surface area contributed by atoms with Crippen molar-refractivity contribution in [3.63, 3.8) is 0 Å². The summed E-state index contributed by atoms with van der Waals surface area (Å²) in [7, 11) is 0. The second-order valence-electron chi connectivity index (χ2n) is 18.6. The van der Waals surface area contributed by atoms with Gasteiger partial charge in [0.05, 0.1) is 0 Å². The lowest BCUT2D eigenvalue weighted by molar-refractivity contribution is 0.437. The molecule has 0 aliphatic heterocycles. The van der Waals surface area contributed by atoms with Crippen molar-refractivity contribution in [2.45, 2.75) is 65.2 Å². The minimum atomic E-state index is -0.366. The Labute approximate surface area is 423 Å². The van der Waals surface area contributed by atoms with Crippen molar-refractivity contribution < 1.29 is 81.7 Å². The van der Waals surface area contributed by atoms with Crippen LogP contribution in [0.3, 0.4) is 0 Å². The molecule has 0 saturated carbocycles. The summed E-state index contributed by atoms with van der Waals surface area (Å²) >= 11 is 0. The standard InChI is InChI=1S/C58H54O16/c1-3-28-12-44(60)14-30(52(28)68)6-32-16-46(62)18-34(54(32)70)8-36-20-48(64)22-38(56(36)72)10-40-24-50(66)26-42(58(40)74)11-41-25-49(65)23-39(57(41)73)9-37-21-47(63)19-35(55(37)71)7-33-17-45(61)15-31(53(33)69)5-29-13-43(59)4-27(2)51(29)67/h4,12-26,59-74H,3,5-11H2,1-2H3. The van der Waals surface area contributed by atoms with Gasteiger partial charge in [0.25, 0.3) is 0 Å². The number of rotatable bonds is 15. The number of aryl methyl sites for hydroxylation is 2. The van der Waals surface area contributed by atoms with Gasteiger partial charge in [-0.3, -0.25) is 0 Å². The maximum Gasteiger partial charge on any atom is 0.122 e. The average Bonchev–Trinajstić information content (AvgIpc) is 3.32. The molecule has 0 unspecified atom stereocenters. The number of hydrogen-bond donors (Lipinski definition) is 16. The first-order chi connectivity index (χ1) is 35.0. The number of hydrogen-bond acceptors (Lipinski definition) is 16. The van der Waals surface area contributed by atoms with Gasteiger partial charge < -0.3 is 81.7 Å². The SMILES string of the molecule is CCc1cc(O)cc(Cc2cc(O)cc(Cc3cc(O)cc(Cc4cc(O)cc(Cc5cc(O)cc(Cc6cc(O)cc(Cc7cc(O)cc(Cc8cc(O)cc(C)c8O)c7O)c6O)c5O)c4O)c3O)c2O)c1O. The Bertz CT molecular complexity index is 3510. The summed E-state index contributed by atoms with van der Waals surface area (Å²) < 4.78 is 0. The van der Waals surface area contributed by atoms with E-state index in [-0.39, 0.29) is 209 Å². The van der Waals surface area contributed by atoms with Gasteiger partial charge in [-0.1, -0.05) is 6.92 Å². The number of aromatic hydroxyl groups is 16. The maximum atomic E-state index is 11.6. The minimum absolute atomic E-state index is 0.0709. The summed E-state index contributed by atoms with van der Waals surface area (Å²) in [6, 6.07) is 20.6. The number of phenolic OH excluding ortho intramolecular Hbond substituents is 16. The van der Waals surface area contributed by atoms with E-state index < -0.39 is 0 Å². The molecule has 0 saturated heterocycles. The molecule has 16 heteroatoms. The van der Waals surface area contributed by atoms with Crippen LogP contribution in [0.4, 0.5) is 0 Å². The smallest absolute Gasteiger partial charge is 0.122 e. The molecule has 8 aromatic rings. The van der Waals surface area contributed by atoms with Crippen LogP contribution in [0.25, 0.3) is 0 Å². The van der Waals surface area contributed by atoms with E-state index in [2.05, 4.69) is 0 Å². The van der Waals surface area contributed by atoms with Gasteiger partial charge in [-0.2, -0.15) is 0 Å². The van der Waals surface area contributed by atoms with Crippen molar-refractivity contribution in [2.24, 2.45) is 0 Å². The van der Waals surface area contributed by atoms with Crippen LogP contribution in [0.5, 0.6) is 92.0 Å². The fraction of sp³-hybridized carbons (Fsp3) is 0.172. The fourth-order valence-electron chi connectivity index (χ4n) is 9.62. The van der Waals surface area contributed by atoms with Crippen molar-refractivity contribution >= 4 is 0 Å². The molecule has 0 fully saturated rings. The minimum Gasteiger partial charge on any atom is -0.508 e. The predicted octanol–water partition coefficient (Wildman–Crippen LogP) is 8.98. The van der Waals surface area contributed by atoms with Crippen molar-refractivity contribution in [1.29, 1.82) is 0 Å². The molecule has 0 amide bonds. The molecule has 16 nitrogen and oxygen atoms in total. The van der Waals surface area contributed by atoms with Gasteiger partial charge in [0, 0.05) is 123 Å². The van der Waals surface area contributed by atoms with E-state index in [0.717, 1.165) is 0 Å². The lowest BCUT2D eigenvalue weighted by Crippen LogP contribution is -2.00. The number of benzene rings is 8. The second-order valence-corrected chi connectivity index (χ2v) is 18.6. The van der Waals surface area contributed by atoms with Crippen molar-refractivity contribution in [2.75, 3.05) is 0 Å². The highest BCUT2D eigenvalue weighted by Gasteiger charge is 2.23. The quantitative estimate of drug-likeness (QED) is 0.0426. The molecule has 16 N–H and O–H groups in total. The van der Waals surface area contributed by atoms with Crippen LogP contribution in [-0.2, 0) is 51.4 Å². The topological polar surface area (TPSA) is 324 Å². The summed E-state index contributed by atoms with van der Waals surface area (Å²) in [6.07, 6.45) is -0.927. The summed E-state index contributed by atoms with van der Waals surface area (Å²) in [4.78, 5) is 0. The predicted molar refractivity (Wildman–Crippen MR) is 272 cm³/mol. The van der Waals surface area contributed by atoms with Gasteiger partial charge in [0.1, 0.15) is 92.0 Å². The Morgan fingerprint density at radius 1 is 0.203 bits per heavy atom. The zero-order valence-electron chi connectivity index (χ0n) is 40.0. The molecule has 0 aliphatic rings. The molecule has 0 aromatic heterocycles. The van der Waals surface area contributed by atoms with E-state index in [0.29, 0.717) is 23.1 Å². The molecule has 382 valence electrons. The highest BCUT2D eigenvalue weighted by molar-refractivity contribution is 5.61. The van der Waals surface area contributed by atoms with Crippen LogP contribution in [0, 0.1) is 6.92 Å². The van der Waals surface area contributed by atoms with E-state index in [4.69, 9.17) is 0 Å². The summed E-state index contributed by atoms with van der Waals surface area (Å²) in [5.74, 6) is -4.04. The highest BCUT2D eigenvalue weighted by atomic mass is 16.3. The molecule has 0 heterocycles. The van der Waals surface area contributed by atoms with Crippen LogP contribution < -0.4 is 0 Å². The van der Waals surface area contributed by atoms with Gasteiger partial charge in [-0.15, -0.1) is 0 Å². The van der Waals surface area contributed by atoms with E-state index in [1.165, 1.54) is 97.1 Å². The first-order valence-corrected chi connectivity index (χ1v) is 23.3. The normalized spacial score (nSPS) is 11.3. The molecule has 8 rings (SSSR count). The van der Waals surface area contributed by atoms with Crippen molar-refractivity contribution in [3.05, 3.63) is 186 Å². The van der Waals surface area contributed by atoms with Crippen molar-refractivity contribution in [3.8, 4) is 92.0 Å². The molecule has 8 aromatic carbocycles. The zero-order chi connectivity index (χ0) is 53.4. The molecular weight excluding hydrogens is 953 g/mol. The van der Waals surface area contributed by atoms with Gasteiger partial charge in [-0.05, 0) is 122 Å². The zero-order valence-corrected chi connectivity index (χ0v) is 40.0. The third-order valence-corrected chi connectivity index (χ3v) is 13.2. The molecule has 0 spiro atoms. The lowest BCUT2D eigenvalue weighted by Gasteiger charge is -2.17. The lowest BCUT2D eigenvalue weighted by atomic mass is 9.91. The van der Waals surface area contributed by atoms with Gasteiger partial charge in [-0.25, -0.2) is 0 Å². The Hall–Kier alpha value is -9.44. The van der Waals surface area contributed by atoms with Crippen molar-refractivity contribution in [1.82, 2.24) is 0 Å². The second kappa shape index (κ2) is 20.4. The fourth-order valence-corrected chi connectivity index (χ4v) is 9.62. The van der Waals surface area contributed by atoms with Crippen LogP contribution in [0.2, 0.25) is 0 Å². The largest absolute Gasteiger partial charge is 0.508 e. The van der Waals surface area contributed by atoms with E-state index >= 15 is 0 Å². The third kappa shape index (κ3) is 10.7. The number of phenols is 16. The maximum absolute atomic E-state index is 11.6. The molecular formula is C58H54O16. The first-order valence-electron chi connectivity index (χ1n) is 23.3. The average molecular weight is 1010 g/mol. The van der Waals surface area contributed by atoms with E-state index in [1.54, 1.807) is 13.8 Å². The monoisotopic (exact) mass is 1010 g/mol. The van der Waals surface area contributed by atoms with E-state index in [9.17, 15) is 81.7 Å². The highest BCUT2D eigenvalue weighted by Crippen LogP contribution is 2.43. The van der Waals surface area contributed by atoms with Gasteiger partial charge >= 0.3 is 0 Å². The third-order valence-electron chi connectivity index (χ3n) is 13.2. The Morgan fingerprint density at radius 2 is 0.338 bits per heavy atom. The van der Waals surface area contributed by atoms with Crippen LogP contribution >= 0.6 is 0 Å². The van der Waals surface area contributed by atoms with E-state index in [1.807, 2.05) is 0 Å². The van der Waals surface area contributed by atoms with Crippen LogP contribution in [0.1, 0.15) is 95.9 Å². The van der Waals surface area contributed by atoms with Gasteiger partial charge in [0.15, 0.2) is 0 Å². The first kappa shape index (κ1) is 50.9. The molecule has 74 heavy (non-hydrogen) atoms. The Kier molecular flexibility index (Phi) is 14.0. The van der Waals surface area contributed by atoms with Crippen LogP contribution in [-0.4, -0.2) is 81.7 Å². The van der Waals surface area contributed by atoms with Gasteiger partial charge in [0.2, 0.25) is 0 Å². The Balaban J connectivity index is 1.03. The molecule has 0 bridgehead atoms. The summed E-state index contributed by atoms with van der Waals surface area (Å²) in [5, 5.41) is 175. The molecule has 0 radical (unpaired) electrons. The summed E-state index contributed by atoms with van der Waals surface area (Å²) in [5.41, 5.74) is 2.92.